The van der Waals surface area contributed by atoms with Crippen LogP contribution >= 0.6 is 0 Å². The van der Waals surface area contributed by atoms with Crippen molar-refractivity contribution in [2.45, 2.75) is 58.9 Å². The highest BCUT2D eigenvalue weighted by atomic mass is 16.5. The number of rotatable bonds is 11. The lowest BCUT2D eigenvalue weighted by Crippen LogP contribution is -2.37. The molecule has 2 aromatic rings. The van der Waals surface area contributed by atoms with Gasteiger partial charge in [-0.3, -0.25) is 0 Å². The van der Waals surface area contributed by atoms with E-state index in [-0.39, 0.29) is 5.92 Å². The van der Waals surface area contributed by atoms with Crippen molar-refractivity contribution in [1.82, 2.24) is 20.8 Å². The van der Waals surface area contributed by atoms with Gasteiger partial charge in [-0.15, -0.1) is 0 Å². The van der Waals surface area contributed by atoms with Crippen LogP contribution in [0.4, 0.5) is 0 Å². The third kappa shape index (κ3) is 7.07. The van der Waals surface area contributed by atoms with E-state index in [1.54, 1.807) is 0 Å². The fraction of sp³-hybridized carbons (Fsp3) is 0.591. The van der Waals surface area contributed by atoms with E-state index < -0.39 is 0 Å². The van der Waals surface area contributed by atoms with Crippen LogP contribution in [0.5, 0.6) is 5.75 Å². The molecule has 2 N–H and O–H groups in total. The standard InChI is InChI=1S/C22H33N5O2/c1-4-23-22(24-13-7-10-20-26-21(16(2)3)27-29-20)25-14-18-8-5-6-9-19(18)28-15-17-11-12-17/h5-6,8-9,16-17H,4,7,10-15H2,1-3H3,(H2,23,24,25). The van der Waals surface area contributed by atoms with Crippen molar-refractivity contribution >= 4 is 5.96 Å². The molecular weight excluding hydrogens is 366 g/mol. The number of aromatic nitrogens is 2. The van der Waals surface area contributed by atoms with Gasteiger partial charge < -0.3 is 19.9 Å². The molecule has 1 fully saturated rings. The maximum absolute atomic E-state index is 5.99. The van der Waals surface area contributed by atoms with Gasteiger partial charge in [-0.05, 0) is 38.2 Å². The average molecular weight is 400 g/mol. The molecule has 7 nitrogen and oxygen atoms in total. The van der Waals surface area contributed by atoms with Crippen molar-refractivity contribution in [2.75, 3.05) is 19.7 Å². The van der Waals surface area contributed by atoms with Crippen LogP contribution < -0.4 is 15.4 Å². The number of para-hydroxylation sites is 1. The summed E-state index contributed by atoms with van der Waals surface area (Å²) >= 11 is 0. The van der Waals surface area contributed by atoms with Crippen LogP contribution in [0.3, 0.4) is 0 Å². The van der Waals surface area contributed by atoms with E-state index in [0.29, 0.717) is 12.4 Å². The Morgan fingerprint density at radius 3 is 2.83 bits per heavy atom. The van der Waals surface area contributed by atoms with Gasteiger partial charge in [0.1, 0.15) is 5.75 Å². The summed E-state index contributed by atoms with van der Waals surface area (Å²) in [6.45, 7) is 9.17. The van der Waals surface area contributed by atoms with Gasteiger partial charge in [0.15, 0.2) is 11.8 Å². The molecule has 0 spiro atoms. The average Bonchev–Trinajstić information content (AvgIpc) is 3.43. The van der Waals surface area contributed by atoms with Crippen LogP contribution in [0, 0.1) is 5.92 Å². The topological polar surface area (TPSA) is 84.6 Å². The summed E-state index contributed by atoms with van der Waals surface area (Å²) in [7, 11) is 0. The fourth-order valence-electron chi connectivity index (χ4n) is 2.82. The van der Waals surface area contributed by atoms with Gasteiger partial charge in [0, 0.05) is 31.0 Å². The highest BCUT2D eigenvalue weighted by Gasteiger charge is 2.22. The summed E-state index contributed by atoms with van der Waals surface area (Å²) in [6.07, 6.45) is 4.23. The number of guanidine groups is 1. The first-order valence-electron chi connectivity index (χ1n) is 10.7. The predicted octanol–water partition coefficient (Wildman–Crippen LogP) is 3.67. The normalized spacial score (nSPS) is 14.3. The number of aryl methyl sites for hydroxylation is 1. The zero-order valence-electron chi connectivity index (χ0n) is 17.8. The first-order valence-corrected chi connectivity index (χ1v) is 10.7. The summed E-state index contributed by atoms with van der Waals surface area (Å²) < 4.78 is 11.3. The summed E-state index contributed by atoms with van der Waals surface area (Å²) in [5.41, 5.74) is 1.11. The quantitative estimate of drug-likeness (QED) is 0.341. The zero-order valence-corrected chi connectivity index (χ0v) is 17.8. The highest BCUT2D eigenvalue weighted by Crippen LogP contribution is 2.30. The molecule has 0 bridgehead atoms. The molecule has 29 heavy (non-hydrogen) atoms. The zero-order chi connectivity index (χ0) is 20.5. The van der Waals surface area contributed by atoms with Crippen LogP contribution in [-0.4, -0.2) is 35.8 Å². The Hall–Kier alpha value is -2.57. The highest BCUT2D eigenvalue weighted by molar-refractivity contribution is 5.79. The molecular formula is C22H33N5O2. The number of hydrogen-bond acceptors (Lipinski definition) is 5. The van der Waals surface area contributed by atoms with Crippen LogP contribution in [0.2, 0.25) is 0 Å². The van der Waals surface area contributed by atoms with E-state index in [0.717, 1.165) is 61.6 Å². The van der Waals surface area contributed by atoms with Crippen molar-refractivity contribution < 1.29 is 9.26 Å². The molecule has 1 aliphatic rings. The van der Waals surface area contributed by atoms with Crippen LogP contribution in [0.25, 0.3) is 0 Å². The third-order valence-corrected chi connectivity index (χ3v) is 4.76. The Labute approximate surface area is 173 Å². The third-order valence-electron chi connectivity index (χ3n) is 4.76. The lowest BCUT2D eigenvalue weighted by Gasteiger charge is -2.12. The minimum Gasteiger partial charge on any atom is -0.493 e. The predicted molar refractivity (Wildman–Crippen MR) is 114 cm³/mol. The monoisotopic (exact) mass is 399 g/mol. The molecule has 0 radical (unpaired) electrons. The number of benzene rings is 1. The second kappa shape index (κ2) is 10.8. The molecule has 1 aromatic heterocycles. The maximum atomic E-state index is 5.99. The molecule has 1 heterocycles. The molecule has 158 valence electrons. The molecule has 1 aliphatic carbocycles. The Balaban J connectivity index is 1.47. The SMILES string of the molecule is CCNC(=NCc1ccccc1OCC1CC1)NCCCc1nc(C(C)C)no1. The lowest BCUT2D eigenvalue weighted by atomic mass is 10.2. The van der Waals surface area contributed by atoms with E-state index in [4.69, 9.17) is 14.3 Å². The molecule has 0 amide bonds. The van der Waals surface area contributed by atoms with Gasteiger partial charge in [0.2, 0.25) is 5.89 Å². The van der Waals surface area contributed by atoms with E-state index in [9.17, 15) is 0 Å². The number of nitrogens with zero attached hydrogens (tertiary/aromatic N) is 3. The Morgan fingerprint density at radius 1 is 1.28 bits per heavy atom. The van der Waals surface area contributed by atoms with Gasteiger partial charge in [-0.2, -0.15) is 4.98 Å². The number of nitrogens with one attached hydrogen (secondary N) is 2. The summed E-state index contributed by atoms with van der Waals surface area (Å²) in [6, 6.07) is 8.16. The lowest BCUT2D eigenvalue weighted by molar-refractivity contribution is 0.297. The van der Waals surface area contributed by atoms with Gasteiger partial charge in [-0.1, -0.05) is 37.2 Å². The molecule has 1 aromatic carbocycles. The molecule has 0 saturated heterocycles. The summed E-state index contributed by atoms with van der Waals surface area (Å²) in [5.74, 6) is 4.23. The van der Waals surface area contributed by atoms with Crippen LogP contribution in [0.15, 0.2) is 33.8 Å². The minimum absolute atomic E-state index is 0.286. The first-order chi connectivity index (χ1) is 14.2. The molecule has 0 atom stereocenters. The second-order valence-electron chi connectivity index (χ2n) is 7.79. The van der Waals surface area contributed by atoms with Crippen LogP contribution in [0.1, 0.15) is 63.2 Å². The molecule has 3 rings (SSSR count). The Bertz CT molecular complexity index is 783. The van der Waals surface area contributed by atoms with Gasteiger partial charge >= 0.3 is 0 Å². The van der Waals surface area contributed by atoms with Crippen LogP contribution in [-0.2, 0) is 13.0 Å². The number of hydrogen-bond donors (Lipinski definition) is 2. The van der Waals surface area contributed by atoms with Crippen molar-refractivity contribution in [2.24, 2.45) is 10.9 Å². The molecule has 0 unspecified atom stereocenters. The maximum Gasteiger partial charge on any atom is 0.226 e. The molecule has 1 saturated carbocycles. The molecule has 0 aliphatic heterocycles. The van der Waals surface area contributed by atoms with E-state index >= 15 is 0 Å². The smallest absolute Gasteiger partial charge is 0.226 e. The van der Waals surface area contributed by atoms with Gasteiger partial charge in [-0.25, -0.2) is 4.99 Å². The Kier molecular flexibility index (Phi) is 7.90. The van der Waals surface area contributed by atoms with E-state index in [1.807, 2.05) is 18.2 Å². The van der Waals surface area contributed by atoms with Crippen molar-refractivity contribution in [3.63, 3.8) is 0 Å². The largest absolute Gasteiger partial charge is 0.493 e. The minimum atomic E-state index is 0.286. The van der Waals surface area contributed by atoms with E-state index in [2.05, 4.69) is 47.6 Å². The number of ether oxygens (including phenoxy) is 1. The Morgan fingerprint density at radius 2 is 2.10 bits per heavy atom. The van der Waals surface area contributed by atoms with Crippen molar-refractivity contribution in [3.8, 4) is 5.75 Å². The van der Waals surface area contributed by atoms with Crippen molar-refractivity contribution in [1.29, 1.82) is 0 Å². The first kappa shape index (κ1) is 21.1. The molecule has 7 heteroatoms. The van der Waals surface area contributed by atoms with Gasteiger partial charge in [0.05, 0.1) is 13.2 Å². The second-order valence-corrected chi connectivity index (χ2v) is 7.79. The summed E-state index contributed by atoms with van der Waals surface area (Å²) in [4.78, 5) is 9.14. The fourth-order valence-corrected chi connectivity index (χ4v) is 2.82. The van der Waals surface area contributed by atoms with Gasteiger partial charge in [0.25, 0.3) is 0 Å². The number of aliphatic imine (C=N–C) groups is 1. The van der Waals surface area contributed by atoms with Crippen molar-refractivity contribution in [3.05, 3.63) is 41.5 Å². The summed E-state index contributed by atoms with van der Waals surface area (Å²) in [5, 5.41) is 10.7. The van der Waals surface area contributed by atoms with E-state index in [1.165, 1.54) is 12.8 Å².